The molecular formula is C33H24ClN3O4. The van der Waals surface area contributed by atoms with E-state index in [-0.39, 0.29) is 18.2 Å². The first-order valence-corrected chi connectivity index (χ1v) is 13.4. The molecule has 4 aromatic carbocycles. The van der Waals surface area contributed by atoms with Gasteiger partial charge in [-0.15, -0.1) is 5.10 Å². The quantitative estimate of drug-likeness (QED) is 0.133. The average molecular weight is 562 g/mol. The number of carbonyl (C=O) groups is 2. The van der Waals surface area contributed by atoms with Gasteiger partial charge < -0.3 is 9.15 Å². The van der Waals surface area contributed by atoms with Crippen LogP contribution in [0.3, 0.4) is 0 Å². The molecule has 8 heteroatoms. The number of hydrogen-bond acceptors (Lipinski definition) is 6. The van der Waals surface area contributed by atoms with Crippen molar-refractivity contribution in [1.82, 2.24) is 15.0 Å². The van der Waals surface area contributed by atoms with Crippen molar-refractivity contribution < 1.29 is 18.7 Å². The Morgan fingerprint density at radius 2 is 1.68 bits per heavy atom. The third-order valence-corrected chi connectivity index (χ3v) is 6.92. The van der Waals surface area contributed by atoms with E-state index in [4.69, 9.17) is 20.8 Å². The number of nitrogens with zero attached hydrogens (tertiary/aromatic N) is 3. The number of benzene rings is 4. The van der Waals surface area contributed by atoms with Crippen LogP contribution in [0.4, 0.5) is 0 Å². The SMILES string of the molecule is O=Cc1cc(Cc2ccc3oc(C(=O)c4ccc(Cl)cc4)cc3c2)ccc1OCc1cn(Cc2ccccc2)nn1. The van der Waals surface area contributed by atoms with Crippen molar-refractivity contribution >= 4 is 34.6 Å². The van der Waals surface area contributed by atoms with Gasteiger partial charge in [0.15, 0.2) is 12.0 Å². The molecule has 2 aromatic heterocycles. The van der Waals surface area contributed by atoms with Crippen LogP contribution in [0.15, 0.2) is 108 Å². The van der Waals surface area contributed by atoms with Crippen LogP contribution < -0.4 is 4.74 Å². The van der Waals surface area contributed by atoms with Crippen molar-refractivity contribution in [3.8, 4) is 5.75 Å². The number of ketones is 1. The fourth-order valence-electron chi connectivity index (χ4n) is 4.63. The number of furan rings is 1. The second kappa shape index (κ2) is 11.6. The number of aldehydes is 1. The lowest BCUT2D eigenvalue weighted by molar-refractivity contribution is 0.101. The van der Waals surface area contributed by atoms with Crippen molar-refractivity contribution in [2.75, 3.05) is 0 Å². The maximum atomic E-state index is 12.8. The summed E-state index contributed by atoms with van der Waals surface area (Å²) in [6.45, 7) is 0.815. The van der Waals surface area contributed by atoms with Crippen molar-refractivity contribution in [2.45, 2.75) is 19.6 Å². The molecule has 0 saturated carbocycles. The van der Waals surface area contributed by atoms with Crippen LogP contribution in [0.2, 0.25) is 5.02 Å². The normalized spacial score (nSPS) is 11.0. The molecule has 6 aromatic rings. The fraction of sp³-hybridized carbons (Fsp3) is 0.0909. The number of aromatic nitrogens is 3. The highest BCUT2D eigenvalue weighted by Crippen LogP contribution is 2.26. The summed E-state index contributed by atoms with van der Waals surface area (Å²) in [4.78, 5) is 24.7. The highest BCUT2D eigenvalue weighted by Gasteiger charge is 2.15. The van der Waals surface area contributed by atoms with Gasteiger partial charge in [-0.1, -0.05) is 59.3 Å². The van der Waals surface area contributed by atoms with Crippen LogP contribution in [0, 0.1) is 0 Å². The van der Waals surface area contributed by atoms with Gasteiger partial charge in [-0.25, -0.2) is 4.68 Å². The van der Waals surface area contributed by atoms with E-state index in [0.717, 1.165) is 28.4 Å². The molecule has 0 N–H and O–H groups in total. The van der Waals surface area contributed by atoms with E-state index in [1.807, 2.05) is 66.9 Å². The van der Waals surface area contributed by atoms with E-state index in [0.29, 0.717) is 46.1 Å². The number of carbonyl (C=O) groups excluding carboxylic acids is 2. The molecule has 0 bridgehead atoms. The molecule has 7 nitrogen and oxygen atoms in total. The van der Waals surface area contributed by atoms with Gasteiger partial charge in [0, 0.05) is 16.0 Å². The predicted octanol–water partition coefficient (Wildman–Crippen LogP) is 6.94. The van der Waals surface area contributed by atoms with E-state index in [9.17, 15) is 9.59 Å². The molecule has 0 aliphatic rings. The third-order valence-electron chi connectivity index (χ3n) is 6.67. The summed E-state index contributed by atoms with van der Waals surface area (Å²) in [5, 5.41) is 9.74. The monoisotopic (exact) mass is 561 g/mol. The van der Waals surface area contributed by atoms with Gasteiger partial charge in [0.2, 0.25) is 5.78 Å². The average Bonchev–Trinajstić information content (AvgIpc) is 3.63. The highest BCUT2D eigenvalue weighted by atomic mass is 35.5. The molecule has 0 saturated heterocycles. The fourth-order valence-corrected chi connectivity index (χ4v) is 4.76. The van der Waals surface area contributed by atoms with Crippen molar-refractivity contribution in [1.29, 1.82) is 0 Å². The minimum atomic E-state index is -0.204. The largest absolute Gasteiger partial charge is 0.486 e. The zero-order chi connectivity index (χ0) is 28.2. The van der Waals surface area contributed by atoms with Crippen molar-refractivity contribution in [2.24, 2.45) is 0 Å². The van der Waals surface area contributed by atoms with Crippen LogP contribution in [-0.2, 0) is 19.6 Å². The molecule has 2 heterocycles. The Morgan fingerprint density at radius 3 is 2.49 bits per heavy atom. The number of halogens is 1. The van der Waals surface area contributed by atoms with Crippen molar-refractivity contribution in [3.05, 3.63) is 148 Å². The Kier molecular flexibility index (Phi) is 7.43. The van der Waals surface area contributed by atoms with E-state index in [2.05, 4.69) is 10.3 Å². The van der Waals surface area contributed by atoms with Gasteiger partial charge in [-0.3, -0.25) is 9.59 Å². The number of hydrogen-bond donors (Lipinski definition) is 0. The number of fused-ring (bicyclic) bond motifs is 1. The number of rotatable bonds is 10. The molecule has 0 aliphatic carbocycles. The van der Waals surface area contributed by atoms with Crippen LogP contribution in [0.1, 0.15) is 48.9 Å². The zero-order valence-electron chi connectivity index (χ0n) is 21.9. The molecule has 41 heavy (non-hydrogen) atoms. The van der Waals surface area contributed by atoms with E-state index in [1.54, 1.807) is 41.1 Å². The summed E-state index contributed by atoms with van der Waals surface area (Å²) in [5.41, 5.74) is 5.36. The molecule has 202 valence electrons. The minimum absolute atomic E-state index is 0.198. The maximum absolute atomic E-state index is 12.8. The van der Waals surface area contributed by atoms with E-state index in [1.165, 1.54) is 0 Å². The summed E-state index contributed by atoms with van der Waals surface area (Å²) >= 11 is 5.94. The second-order valence-electron chi connectivity index (χ2n) is 9.67. The summed E-state index contributed by atoms with van der Waals surface area (Å²) in [7, 11) is 0. The lowest BCUT2D eigenvalue weighted by atomic mass is 10.0. The third kappa shape index (κ3) is 6.10. The Bertz CT molecular complexity index is 1840. The zero-order valence-corrected chi connectivity index (χ0v) is 22.6. The molecule has 0 atom stereocenters. The lowest BCUT2D eigenvalue weighted by Crippen LogP contribution is -2.00. The molecule has 0 unspecified atom stereocenters. The standard InChI is InChI=1S/C33H24ClN3O4/c34-28-10-8-25(9-11-28)33(39)32-17-26-15-23(7-13-31(26)41-32)14-24-6-12-30(27(16-24)20-38)40-21-29-19-37(36-35-29)18-22-4-2-1-3-5-22/h1-13,15-17,19-20H,14,18,21H2. The Hall–Kier alpha value is -5.01. The molecule has 0 amide bonds. The molecule has 0 spiro atoms. The minimum Gasteiger partial charge on any atom is -0.486 e. The Labute approximate surface area is 240 Å². The van der Waals surface area contributed by atoms with E-state index >= 15 is 0 Å². The first kappa shape index (κ1) is 26.2. The van der Waals surface area contributed by atoms with Gasteiger partial charge in [-0.2, -0.15) is 0 Å². The first-order valence-electron chi connectivity index (χ1n) is 13.0. The van der Waals surface area contributed by atoms with Gasteiger partial charge >= 0.3 is 0 Å². The highest BCUT2D eigenvalue weighted by molar-refractivity contribution is 6.30. The van der Waals surface area contributed by atoms with Crippen LogP contribution >= 0.6 is 11.6 Å². The first-order chi connectivity index (χ1) is 20.0. The maximum Gasteiger partial charge on any atom is 0.228 e. The van der Waals surface area contributed by atoms with E-state index < -0.39 is 0 Å². The summed E-state index contributed by atoms with van der Waals surface area (Å²) < 4.78 is 13.5. The summed E-state index contributed by atoms with van der Waals surface area (Å²) in [6, 6.07) is 29.8. The topological polar surface area (TPSA) is 87.2 Å². The Balaban J connectivity index is 1.12. The molecule has 6 rings (SSSR count). The lowest BCUT2D eigenvalue weighted by Gasteiger charge is -2.09. The number of ether oxygens (including phenoxy) is 1. The molecule has 0 fully saturated rings. The van der Waals surface area contributed by atoms with Crippen LogP contribution in [0.5, 0.6) is 5.75 Å². The molecule has 0 aliphatic heterocycles. The molecular weight excluding hydrogens is 538 g/mol. The molecule has 0 radical (unpaired) electrons. The predicted molar refractivity (Wildman–Crippen MR) is 156 cm³/mol. The van der Waals surface area contributed by atoms with Gasteiger partial charge in [0.05, 0.1) is 18.3 Å². The summed E-state index contributed by atoms with van der Waals surface area (Å²) in [5.74, 6) is 0.547. The smallest absolute Gasteiger partial charge is 0.228 e. The summed E-state index contributed by atoms with van der Waals surface area (Å²) in [6.07, 6.45) is 3.22. The van der Waals surface area contributed by atoms with Gasteiger partial charge in [0.25, 0.3) is 0 Å². The second-order valence-corrected chi connectivity index (χ2v) is 10.1. The van der Waals surface area contributed by atoms with Crippen LogP contribution in [0.25, 0.3) is 11.0 Å². The van der Waals surface area contributed by atoms with Gasteiger partial charge in [-0.05, 0) is 77.7 Å². The van der Waals surface area contributed by atoms with Crippen LogP contribution in [-0.4, -0.2) is 27.1 Å². The van der Waals surface area contributed by atoms with Crippen molar-refractivity contribution in [3.63, 3.8) is 0 Å². The van der Waals surface area contributed by atoms with Gasteiger partial charge in [0.1, 0.15) is 23.6 Å². The Morgan fingerprint density at radius 1 is 0.902 bits per heavy atom.